The summed E-state index contributed by atoms with van der Waals surface area (Å²) in [4.78, 5) is 0. The fraction of sp³-hybridized carbons (Fsp3) is 0.357. The Bertz CT molecular complexity index is 622. The molecule has 0 bridgehead atoms. The summed E-state index contributed by atoms with van der Waals surface area (Å²) in [5.41, 5.74) is 8.70. The van der Waals surface area contributed by atoms with Crippen LogP contribution in [0.5, 0.6) is 5.75 Å². The predicted octanol–water partition coefficient (Wildman–Crippen LogP) is 3.66. The molecule has 1 heterocycles. The summed E-state index contributed by atoms with van der Waals surface area (Å²) in [6.45, 7) is 0. The van der Waals surface area contributed by atoms with Gasteiger partial charge in [-0.25, -0.2) is 0 Å². The number of nitrogens with zero attached hydrogens (tertiary/aromatic N) is 1. The molecule has 0 aliphatic heterocycles. The van der Waals surface area contributed by atoms with Crippen LogP contribution in [0.15, 0.2) is 21.1 Å². The number of anilines is 1. The lowest BCUT2D eigenvalue weighted by atomic mass is 9.98. The highest BCUT2D eigenvalue weighted by molar-refractivity contribution is 9.10. The van der Waals surface area contributed by atoms with Crippen molar-refractivity contribution in [3.63, 3.8) is 0 Å². The van der Waals surface area contributed by atoms with Crippen molar-refractivity contribution in [2.45, 2.75) is 32.1 Å². The number of fused-ring (bicyclic) bond motifs is 1. The quantitative estimate of drug-likeness (QED) is 0.786. The molecule has 1 aliphatic carbocycles. The summed E-state index contributed by atoms with van der Waals surface area (Å²) in [5.74, 6) is 1.03. The second-order valence-electron chi connectivity index (χ2n) is 4.90. The SMILES string of the molecule is Nc1cc(-c2cc3c(c(Br)c2O)CCCCC3)on1. The number of aromatic nitrogens is 1. The van der Waals surface area contributed by atoms with Crippen molar-refractivity contribution >= 4 is 21.7 Å². The minimum Gasteiger partial charge on any atom is -0.506 e. The lowest BCUT2D eigenvalue weighted by Gasteiger charge is -2.13. The molecule has 4 nitrogen and oxygen atoms in total. The van der Waals surface area contributed by atoms with Crippen LogP contribution >= 0.6 is 15.9 Å². The lowest BCUT2D eigenvalue weighted by molar-refractivity contribution is 0.428. The molecule has 1 aliphatic rings. The maximum Gasteiger partial charge on any atom is 0.172 e. The van der Waals surface area contributed by atoms with Gasteiger partial charge in [0.05, 0.1) is 10.0 Å². The highest BCUT2D eigenvalue weighted by atomic mass is 79.9. The first kappa shape index (κ1) is 12.5. The van der Waals surface area contributed by atoms with Gasteiger partial charge >= 0.3 is 0 Å². The maximum absolute atomic E-state index is 10.3. The summed E-state index contributed by atoms with van der Waals surface area (Å²) in [6, 6.07) is 3.63. The smallest absolute Gasteiger partial charge is 0.172 e. The van der Waals surface area contributed by atoms with Crippen LogP contribution in [-0.4, -0.2) is 10.3 Å². The summed E-state index contributed by atoms with van der Waals surface area (Å²) in [5, 5.41) is 14.0. The number of nitrogen functional groups attached to an aromatic ring is 1. The van der Waals surface area contributed by atoms with E-state index in [4.69, 9.17) is 10.3 Å². The average Bonchev–Trinajstić information content (AvgIpc) is 2.69. The molecule has 0 unspecified atom stereocenters. The van der Waals surface area contributed by atoms with Crippen LogP contribution in [0, 0.1) is 0 Å². The van der Waals surface area contributed by atoms with Gasteiger partial charge in [-0.15, -0.1) is 0 Å². The molecule has 0 spiro atoms. The molecule has 0 saturated heterocycles. The number of nitrogens with two attached hydrogens (primary N) is 1. The molecule has 0 amide bonds. The predicted molar refractivity (Wildman–Crippen MR) is 77.0 cm³/mol. The van der Waals surface area contributed by atoms with Gasteiger partial charge in [0.15, 0.2) is 11.6 Å². The fourth-order valence-electron chi connectivity index (χ4n) is 2.62. The van der Waals surface area contributed by atoms with Crippen molar-refractivity contribution < 1.29 is 9.63 Å². The maximum atomic E-state index is 10.3. The van der Waals surface area contributed by atoms with E-state index in [1.807, 2.05) is 6.07 Å². The molecule has 3 rings (SSSR count). The first-order chi connectivity index (χ1) is 9.16. The Labute approximate surface area is 119 Å². The zero-order valence-electron chi connectivity index (χ0n) is 10.4. The van der Waals surface area contributed by atoms with Crippen molar-refractivity contribution in [3.05, 3.63) is 27.7 Å². The standard InChI is InChI=1S/C14H15BrN2O2/c15-13-9-5-3-1-2-4-8(9)6-10(14(13)18)11-7-12(16)17-19-11/h6-7,18H,1-5H2,(H2,16,17). The number of hydrogen-bond donors (Lipinski definition) is 2. The molecule has 19 heavy (non-hydrogen) atoms. The molecule has 0 fully saturated rings. The Morgan fingerprint density at radius 2 is 2.00 bits per heavy atom. The molecule has 1 aromatic heterocycles. The number of hydrogen-bond acceptors (Lipinski definition) is 4. The number of halogens is 1. The second kappa shape index (κ2) is 4.89. The van der Waals surface area contributed by atoms with Crippen molar-refractivity contribution in [3.8, 4) is 17.1 Å². The summed E-state index contributed by atoms with van der Waals surface area (Å²) >= 11 is 3.51. The normalized spacial score (nSPS) is 15.0. The van der Waals surface area contributed by atoms with Crippen molar-refractivity contribution in [1.82, 2.24) is 5.16 Å². The van der Waals surface area contributed by atoms with Crippen LogP contribution in [-0.2, 0) is 12.8 Å². The van der Waals surface area contributed by atoms with Crippen LogP contribution in [0.25, 0.3) is 11.3 Å². The molecule has 2 aromatic rings. The topological polar surface area (TPSA) is 72.3 Å². The van der Waals surface area contributed by atoms with Crippen LogP contribution in [0.4, 0.5) is 5.82 Å². The summed E-state index contributed by atoms with van der Waals surface area (Å²) < 4.78 is 5.93. The zero-order valence-corrected chi connectivity index (χ0v) is 12.0. The third-order valence-electron chi connectivity index (χ3n) is 3.60. The van der Waals surface area contributed by atoms with Gasteiger partial charge in [-0.05, 0) is 58.8 Å². The highest BCUT2D eigenvalue weighted by Gasteiger charge is 2.20. The average molecular weight is 323 g/mol. The second-order valence-corrected chi connectivity index (χ2v) is 5.69. The van der Waals surface area contributed by atoms with Crippen LogP contribution in [0.3, 0.4) is 0 Å². The van der Waals surface area contributed by atoms with E-state index in [2.05, 4.69) is 21.1 Å². The summed E-state index contributed by atoms with van der Waals surface area (Å²) in [7, 11) is 0. The van der Waals surface area contributed by atoms with E-state index in [-0.39, 0.29) is 5.75 Å². The third kappa shape index (κ3) is 2.23. The fourth-order valence-corrected chi connectivity index (χ4v) is 3.29. The van der Waals surface area contributed by atoms with Gasteiger partial charge in [0.1, 0.15) is 5.75 Å². The number of aromatic hydroxyl groups is 1. The Balaban J connectivity index is 2.16. The Morgan fingerprint density at radius 3 is 2.74 bits per heavy atom. The van der Waals surface area contributed by atoms with Gasteiger partial charge < -0.3 is 15.4 Å². The molecule has 3 N–H and O–H groups in total. The molecule has 0 saturated carbocycles. The Morgan fingerprint density at radius 1 is 1.21 bits per heavy atom. The van der Waals surface area contributed by atoms with Gasteiger partial charge in [-0.2, -0.15) is 0 Å². The zero-order chi connectivity index (χ0) is 13.4. The first-order valence-corrected chi connectivity index (χ1v) is 7.22. The third-order valence-corrected chi connectivity index (χ3v) is 4.46. The van der Waals surface area contributed by atoms with Gasteiger partial charge in [-0.3, -0.25) is 0 Å². The van der Waals surface area contributed by atoms with Gasteiger partial charge in [0.2, 0.25) is 0 Å². The monoisotopic (exact) mass is 322 g/mol. The van der Waals surface area contributed by atoms with Crippen LogP contribution in [0.1, 0.15) is 30.4 Å². The van der Waals surface area contributed by atoms with Gasteiger partial charge in [-0.1, -0.05) is 11.6 Å². The summed E-state index contributed by atoms with van der Waals surface area (Å²) in [6.07, 6.45) is 5.61. The van der Waals surface area contributed by atoms with Crippen LogP contribution < -0.4 is 5.73 Å². The van der Waals surface area contributed by atoms with E-state index in [1.54, 1.807) is 6.07 Å². The minimum atomic E-state index is 0.205. The van der Waals surface area contributed by atoms with Crippen molar-refractivity contribution in [2.75, 3.05) is 5.73 Å². The molecular formula is C14H15BrN2O2. The molecule has 100 valence electrons. The number of phenolic OH excluding ortho intramolecular Hbond substituents is 1. The lowest BCUT2D eigenvalue weighted by Crippen LogP contribution is -1.95. The van der Waals surface area contributed by atoms with Crippen LogP contribution in [0.2, 0.25) is 0 Å². The molecule has 0 atom stereocenters. The Kier molecular flexibility index (Phi) is 3.22. The minimum absolute atomic E-state index is 0.205. The van der Waals surface area contributed by atoms with Crippen molar-refractivity contribution in [2.24, 2.45) is 0 Å². The van der Waals surface area contributed by atoms with E-state index in [1.165, 1.54) is 30.4 Å². The molecular weight excluding hydrogens is 308 g/mol. The molecule has 0 radical (unpaired) electrons. The number of rotatable bonds is 1. The van der Waals surface area contributed by atoms with Crippen molar-refractivity contribution in [1.29, 1.82) is 0 Å². The largest absolute Gasteiger partial charge is 0.506 e. The highest BCUT2D eigenvalue weighted by Crippen LogP contribution is 2.42. The van der Waals surface area contributed by atoms with E-state index < -0.39 is 0 Å². The van der Waals surface area contributed by atoms with Gasteiger partial charge in [0.25, 0.3) is 0 Å². The van der Waals surface area contributed by atoms with E-state index in [0.717, 1.165) is 17.3 Å². The van der Waals surface area contributed by atoms with Gasteiger partial charge in [0, 0.05) is 6.07 Å². The first-order valence-electron chi connectivity index (χ1n) is 6.42. The van der Waals surface area contributed by atoms with E-state index >= 15 is 0 Å². The van der Waals surface area contributed by atoms with E-state index in [9.17, 15) is 5.11 Å². The molecule has 1 aromatic carbocycles. The number of phenols is 1. The Hall–Kier alpha value is -1.49. The number of aryl methyl sites for hydroxylation is 1. The van der Waals surface area contributed by atoms with E-state index in [0.29, 0.717) is 17.1 Å². The molecule has 5 heteroatoms. The number of benzene rings is 1.